The summed E-state index contributed by atoms with van der Waals surface area (Å²) in [4.78, 5) is 23.1. The van der Waals surface area contributed by atoms with E-state index in [2.05, 4.69) is 9.46 Å². The third kappa shape index (κ3) is 4.17. The molecule has 1 atom stereocenters. The van der Waals surface area contributed by atoms with Gasteiger partial charge < -0.3 is 9.84 Å². The predicted octanol–water partition coefficient (Wildman–Crippen LogP) is 2.47. The maximum Gasteiger partial charge on any atom is 0.349 e. The van der Waals surface area contributed by atoms with Gasteiger partial charge in [0.15, 0.2) is 0 Å². The molecule has 0 unspecified atom stereocenters. The molecule has 0 saturated heterocycles. The van der Waals surface area contributed by atoms with Crippen molar-refractivity contribution in [3.8, 4) is 0 Å². The number of ether oxygens (including phenoxy) is 1. The van der Waals surface area contributed by atoms with Gasteiger partial charge in [-0.15, -0.1) is 11.3 Å². The van der Waals surface area contributed by atoms with Crippen LogP contribution in [0.1, 0.15) is 29.9 Å². The minimum absolute atomic E-state index is 0.0249. The summed E-state index contributed by atoms with van der Waals surface area (Å²) < 4.78 is 33.2. The van der Waals surface area contributed by atoms with Crippen LogP contribution in [0.2, 0.25) is 0 Å². The summed E-state index contributed by atoms with van der Waals surface area (Å²) >= 11 is 0.992. The van der Waals surface area contributed by atoms with Crippen molar-refractivity contribution in [3.05, 3.63) is 29.1 Å². The Hall–Kier alpha value is -1.97. The van der Waals surface area contributed by atoms with Crippen molar-refractivity contribution < 1.29 is 27.9 Å². The van der Waals surface area contributed by atoms with E-state index in [4.69, 9.17) is 0 Å². The zero-order valence-corrected chi connectivity index (χ0v) is 15.6. The maximum absolute atomic E-state index is 12.9. The van der Waals surface area contributed by atoms with Crippen molar-refractivity contribution in [1.29, 1.82) is 0 Å². The zero-order valence-electron chi connectivity index (χ0n) is 14.0. The van der Waals surface area contributed by atoms with Crippen LogP contribution in [0.5, 0.6) is 0 Å². The maximum atomic E-state index is 12.9. The molecule has 2 rings (SSSR count). The molecule has 0 aliphatic rings. The predicted molar refractivity (Wildman–Crippen MR) is 94.4 cm³/mol. The first-order valence-electron chi connectivity index (χ1n) is 7.52. The zero-order chi connectivity index (χ0) is 18.8. The van der Waals surface area contributed by atoms with Crippen LogP contribution in [0.25, 0.3) is 10.1 Å². The van der Waals surface area contributed by atoms with Crippen LogP contribution in [0, 0.1) is 5.92 Å². The normalized spacial score (nSPS) is 13.1. The SMILES string of the molecule is COC(=O)c1sc2ccccc2c1S(=O)(=O)N[C@@H](CC(C)C)C(=O)O. The Balaban J connectivity index is 2.58. The first kappa shape index (κ1) is 19.4. The van der Waals surface area contributed by atoms with Crippen LogP contribution >= 0.6 is 11.3 Å². The van der Waals surface area contributed by atoms with Gasteiger partial charge in [0.2, 0.25) is 10.0 Å². The Bertz CT molecular complexity index is 900. The number of carbonyl (C=O) groups excluding carboxylic acids is 1. The number of fused-ring (bicyclic) bond motifs is 1. The van der Waals surface area contributed by atoms with Gasteiger partial charge in [-0.05, 0) is 18.4 Å². The van der Waals surface area contributed by atoms with Gasteiger partial charge in [0.1, 0.15) is 15.8 Å². The Labute approximate surface area is 149 Å². The summed E-state index contributed by atoms with van der Waals surface area (Å²) in [6, 6.07) is 5.36. The molecular formula is C16H19NO6S2. The minimum atomic E-state index is -4.24. The minimum Gasteiger partial charge on any atom is -0.480 e. The highest BCUT2D eigenvalue weighted by Gasteiger charge is 2.32. The van der Waals surface area contributed by atoms with Gasteiger partial charge in [0, 0.05) is 10.1 Å². The van der Waals surface area contributed by atoms with E-state index in [1.54, 1.807) is 38.1 Å². The molecule has 1 aromatic heterocycles. The molecule has 0 amide bonds. The summed E-state index contributed by atoms with van der Waals surface area (Å²) in [5.74, 6) is -2.07. The fraction of sp³-hybridized carbons (Fsp3) is 0.375. The Morgan fingerprint density at radius 3 is 2.48 bits per heavy atom. The van der Waals surface area contributed by atoms with Crippen molar-refractivity contribution >= 4 is 43.4 Å². The molecule has 0 aliphatic carbocycles. The number of carboxylic acids is 1. The van der Waals surface area contributed by atoms with Gasteiger partial charge >= 0.3 is 11.9 Å². The molecular weight excluding hydrogens is 366 g/mol. The second kappa shape index (κ2) is 7.51. The average molecular weight is 385 g/mol. The lowest BCUT2D eigenvalue weighted by atomic mass is 10.1. The molecule has 0 spiro atoms. The standard InChI is InChI=1S/C16H19NO6S2/c1-9(2)8-11(15(18)19)17-25(21,22)14-10-6-4-5-7-12(10)24-13(14)16(20)23-3/h4-7,9,11,17H,8H2,1-3H3,(H,18,19)/t11-/m0/s1. The highest BCUT2D eigenvalue weighted by atomic mass is 32.2. The van der Waals surface area contributed by atoms with Crippen LogP contribution in [-0.4, -0.2) is 38.6 Å². The van der Waals surface area contributed by atoms with Crippen molar-refractivity contribution in [1.82, 2.24) is 4.72 Å². The number of hydrogen-bond donors (Lipinski definition) is 2. The topological polar surface area (TPSA) is 110 Å². The Kier molecular flexibility index (Phi) is 5.81. The number of rotatable bonds is 7. The first-order valence-corrected chi connectivity index (χ1v) is 9.82. The lowest BCUT2D eigenvalue weighted by molar-refractivity contribution is -0.139. The number of esters is 1. The molecule has 0 radical (unpaired) electrons. The molecule has 136 valence electrons. The molecule has 0 saturated carbocycles. The summed E-state index contributed by atoms with van der Waals surface area (Å²) in [7, 11) is -3.08. The van der Waals surface area contributed by atoms with Crippen LogP contribution in [-0.2, 0) is 19.6 Å². The van der Waals surface area contributed by atoms with Gasteiger partial charge in [0.05, 0.1) is 7.11 Å². The molecule has 1 heterocycles. The van der Waals surface area contributed by atoms with E-state index in [0.717, 1.165) is 18.4 Å². The number of methoxy groups -OCH3 is 1. The number of nitrogens with one attached hydrogen (secondary N) is 1. The van der Waals surface area contributed by atoms with E-state index in [1.165, 1.54) is 0 Å². The Morgan fingerprint density at radius 2 is 1.92 bits per heavy atom. The van der Waals surface area contributed by atoms with Crippen LogP contribution in [0.15, 0.2) is 29.2 Å². The van der Waals surface area contributed by atoms with E-state index in [1.807, 2.05) is 0 Å². The number of hydrogen-bond acceptors (Lipinski definition) is 6. The second-order valence-corrected chi connectivity index (χ2v) is 8.59. The number of benzene rings is 1. The monoisotopic (exact) mass is 385 g/mol. The molecule has 2 N–H and O–H groups in total. The summed E-state index contributed by atoms with van der Waals surface area (Å²) in [6.07, 6.45) is 0.129. The fourth-order valence-corrected chi connectivity index (χ4v) is 5.45. The quantitative estimate of drug-likeness (QED) is 0.709. The average Bonchev–Trinajstić information content (AvgIpc) is 2.93. The molecule has 1 aromatic carbocycles. The highest BCUT2D eigenvalue weighted by Crippen LogP contribution is 2.35. The van der Waals surface area contributed by atoms with Crippen molar-refractivity contribution in [2.24, 2.45) is 5.92 Å². The summed E-state index contributed by atoms with van der Waals surface area (Å²) in [5, 5.41) is 9.66. The molecule has 0 aliphatic heterocycles. The lowest BCUT2D eigenvalue weighted by Gasteiger charge is -2.17. The van der Waals surface area contributed by atoms with E-state index in [0.29, 0.717) is 10.1 Å². The van der Waals surface area contributed by atoms with E-state index in [9.17, 15) is 23.1 Å². The molecule has 25 heavy (non-hydrogen) atoms. The molecule has 9 heteroatoms. The molecule has 0 bridgehead atoms. The van der Waals surface area contributed by atoms with Gasteiger partial charge in [-0.25, -0.2) is 13.2 Å². The second-order valence-electron chi connectivity index (χ2n) is 5.89. The van der Waals surface area contributed by atoms with E-state index in [-0.39, 0.29) is 22.1 Å². The number of sulfonamides is 1. The highest BCUT2D eigenvalue weighted by molar-refractivity contribution is 7.90. The number of aliphatic carboxylic acids is 1. The largest absolute Gasteiger partial charge is 0.480 e. The molecule has 7 nitrogen and oxygen atoms in total. The van der Waals surface area contributed by atoms with E-state index >= 15 is 0 Å². The fourth-order valence-electron chi connectivity index (χ4n) is 2.43. The van der Waals surface area contributed by atoms with Gasteiger partial charge in [-0.2, -0.15) is 4.72 Å². The van der Waals surface area contributed by atoms with E-state index < -0.39 is 28.0 Å². The Morgan fingerprint density at radius 1 is 1.28 bits per heavy atom. The summed E-state index contributed by atoms with van der Waals surface area (Å²) in [6.45, 7) is 3.59. The number of carbonyl (C=O) groups is 2. The van der Waals surface area contributed by atoms with Gasteiger partial charge in [-0.3, -0.25) is 4.79 Å². The van der Waals surface area contributed by atoms with Crippen molar-refractivity contribution in [2.45, 2.75) is 31.2 Å². The van der Waals surface area contributed by atoms with Crippen LogP contribution < -0.4 is 4.72 Å². The third-order valence-electron chi connectivity index (χ3n) is 3.49. The molecule has 2 aromatic rings. The first-order chi connectivity index (χ1) is 11.7. The smallest absolute Gasteiger partial charge is 0.349 e. The molecule has 0 fully saturated rings. The number of thiophene rings is 1. The van der Waals surface area contributed by atoms with Gasteiger partial charge in [0.25, 0.3) is 0 Å². The number of carboxylic acid groups (broad SMARTS) is 1. The van der Waals surface area contributed by atoms with Crippen LogP contribution in [0.3, 0.4) is 0 Å². The van der Waals surface area contributed by atoms with Crippen molar-refractivity contribution in [2.75, 3.05) is 7.11 Å². The van der Waals surface area contributed by atoms with Crippen molar-refractivity contribution in [3.63, 3.8) is 0 Å². The lowest BCUT2D eigenvalue weighted by Crippen LogP contribution is -2.41. The van der Waals surface area contributed by atoms with Gasteiger partial charge in [-0.1, -0.05) is 32.0 Å². The third-order valence-corrected chi connectivity index (χ3v) is 6.33. The summed E-state index contributed by atoms with van der Waals surface area (Å²) in [5.41, 5.74) is 0. The van der Waals surface area contributed by atoms with Crippen LogP contribution in [0.4, 0.5) is 0 Å².